The summed E-state index contributed by atoms with van der Waals surface area (Å²) in [6.45, 7) is 3.05. The molecule has 2 N–H and O–H groups in total. The van der Waals surface area contributed by atoms with E-state index in [1.54, 1.807) is 0 Å². The van der Waals surface area contributed by atoms with Crippen LogP contribution in [0.5, 0.6) is 11.5 Å². The number of ketones is 1. The Kier molecular flexibility index (Phi) is 6.17. The number of methoxy groups -OCH3 is 1. The molecule has 0 bridgehead atoms. The quantitative estimate of drug-likeness (QED) is 0.243. The molecule has 0 heterocycles. The third-order valence-corrected chi connectivity index (χ3v) is 3.79. The van der Waals surface area contributed by atoms with Crippen molar-refractivity contribution in [3.63, 3.8) is 0 Å². The van der Waals surface area contributed by atoms with E-state index in [0.29, 0.717) is 0 Å². The average Bonchev–Trinajstić information content (AvgIpc) is 2.67. The van der Waals surface area contributed by atoms with Crippen LogP contribution in [0.3, 0.4) is 0 Å². The average molecular weight is 403 g/mol. The van der Waals surface area contributed by atoms with Gasteiger partial charge in [-0.1, -0.05) is 12.1 Å². The van der Waals surface area contributed by atoms with Gasteiger partial charge in [-0.15, -0.1) is 0 Å². The number of nitrogens with zero attached hydrogens (tertiary/aromatic N) is 1. The van der Waals surface area contributed by atoms with Crippen molar-refractivity contribution in [1.29, 1.82) is 0 Å². The van der Waals surface area contributed by atoms with Crippen LogP contribution < -0.4 is 0 Å². The molecule has 29 heavy (non-hydrogen) atoms. The lowest BCUT2D eigenvalue weighted by atomic mass is 9.95. The first kappa shape index (κ1) is 21.4. The Labute approximate surface area is 164 Å². The molecule has 0 aromatic heterocycles. The van der Waals surface area contributed by atoms with Gasteiger partial charge in [0.2, 0.25) is 11.5 Å². The molecule has 0 aliphatic rings. The van der Waals surface area contributed by atoms with Crippen LogP contribution in [-0.4, -0.2) is 46.1 Å². The number of phenols is 2. The topological polar surface area (TPSA) is 153 Å². The highest BCUT2D eigenvalue weighted by Crippen LogP contribution is 2.41. The fraction of sp³-hybridized carbons (Fsp3) is 0.211. The SMILES string of the molecule is COC(=O)c1ccc(C(=O)c2c(C(=O)OC(C)C)cc(O)c(O)c2[N+](=O)[O-])cc1. The van der Waals surface area contributed by atoms with Crippen LogP contribution in [0.4, 0.5) is 5.69 Å². The van der Waals surface area contributed by atoms with Gasteiger partial charge < -0.3 is 19.7 Å². The Morgan fingerprint density at radius 1 is 1.03 bits per heavy atom. The summed E-state index contributed by atoms with van der Waals surface area (Å²) in [5, 5.41) is 31.2. The molecule has 0 aliphatic heterocycles. The number of hydrogen-bond acceptors (Lipinski definition) is 9. The summed E-state index contributed by atoms with van der Waals surface area (Å²) < 4.78 is 9.54. The highest BCUT2D eigenvalue weighted by Gasteiger charge is 2.35. The second-order valence-corrected chi connectivity index (χ2v) is 6.12. The minimum Gasteiger partial charge on any atom is -0.504 e. The number of rotatable bonds is 6. The Morgan fingerprint density at radius 2 is 1.59 bits per heavy atom. The number of aromatic hydroxyl groups is 2. The lowest BCUT2D eigenvalue weighted by molar-refractivity contribution is -0.386. The maximum atomic E-state index is 13.0. The van der Waals surface area contributed by atoms with Crippen LogP contribution in [0.25, 0.3) is 0 Å². The second kappa shape index (κ2) is 8.38. The number of benzene rings is 2. The van der Waals surface area contributed by atoms with Gasteiger partial charge in [0.05, 0.1) is 29.3 Å². The molecule has 0 aliphatic carbocycles. The third-order valence-electron chi connectivity index (χ3n) is 3.79. The van der Waals surface area contributed by atoms with E-state index in [0.717, 1.165) is 6.07 Å². The van der Waals surface area contributed by atoms with Crippen molar-refractivity contribution in [3.8, 4) is 11.5 Å². The van der Waals surface area contributed by atoms with Gasteiger partial charge in [-0.3, -0.25) is 14.9 Å². The van der Waals surface area contributed by atoms with E-state index >= 15 is 0 Å². The molecule has 0 radical (unpaired) electrons. The van der Waals surface area contributed by atoms with Gasteiger partial charge in [0, 0.05) is 5.56 Å². The number of esters is 2. The van der Waals surface area contributed by atoms with Gasteiger partial charge in [0.25, 0.3) is 0 Å². The van der Waals surface area contributed by atoms with E-state index in [-0.39, 0.29) is 11.1 Å². The summed E-state index contributed by atoms with van der Waals surface area (Å²) in [5.74, 6) is -4.85. The van der Waals surface area contributed by atoms with Gasteiger partial charge in [-0.25, -0.2) is 9.59 Å². The molecule has 2 rings (SSSR count). The van der Waals surface area contributed by atoms with Gasteiger partial charge in [0.15, 0.2) is 5.75 Å². The Bertz CT molecular complexity index is 994. The predicted molar refractivity (Wildman–Crippen MR) is 98.2 cm³/mol. The number of carbonyl (C=O) groups excluding carboxylic acids is 3. The largest absolute Gasteiger partial charge is 0.504 e. The monoisotopic (exact) mass is 403 g/mol. The minimum absolute atomic E-state index is 0.107. The van der Waals surface area contributed by atoms with Crippen molar-refractivity contribution in [2.24, 2.45) is 0 Å². The number of nitro groups is 1. The smallest absolute Gasteiger partial charge is 0.339 e. The number of hydrogen-bond donors (Lipinski definition) is 2. The maximum Gasteiger partial charge on any atom is 0.339 e. The van der Waals surface area contributed by atoms with Gasteiger partial charge in [-0.05, 0) is 32.0 Å². The van der Waals surface area contributed by atoms with Gasteiger partial charge >= 0.3 is 17.6 Å². The van der Waals surface area contributed by atoms with E-state index in [1.807, 2.05) is 0 Å². The molecular formula is C19H17NO9. The number of carbonyl (C=O) groups is 3. The summed E-state index contributed by atoms with van der Waals surface area (Å²) in [4.78, 5) is 47.3. The molecular weight excluding hydrogens is 386 g/mol. The van der Waals surface area contributed by atoms with Crippen LogP contribution in [-0.2, 0) is 9.47 Å². The lowest BCUT2D eigenvalue weighted by Crippen LogP contribution is -2.18. The molecule has 2 aromatic carbocycles. The highest BCUT2D eigenvalue weighted by atomic mass is 16.6. The summed E-state index contributed by atoms with van der Waals surface area (Å²) >= 11 is 0. The zero-order chi connectivity index (χ0) is 21.9. The zero-order valence-corrected chi connectivity index (χ0v) is 15.7. The van der Waals surface area contributed by atoms with Crippen molar-refractivity contribution >= 4 is 23.4 Å². The normalized spacial score (nSPS) is 10.5. The van der Waals surface area contributed by atoms with Crippen molar-refractivity contribution < 1.29 is 39.0 Å². The fourth-order valence-electron chi connectivity index (χ4n) is 2.51. The molecule has 0 atom stereocenters. The van der Waals surface area contributed by atoms with Gasteiger partial charge in [-0.2, -0.15) is 0 Å². The highest BCUT2D eigenvalue weighted by molar-refractivity contribution is 6.18. The number of phenolic OH excluding ortho intramolecular Hbond substituents is 2. The summed E-state index contributed by atoms with van der Waals surface area (Å²) in [6.07, 6.45) is -0.611. The zero-order valence-electron chi connectivity index (χ0n) is 15.7. The van der Waals surface area contributed by atoms with Crippen LogP contribution in [0.1, 0.15) is 50.5 Å². The molecule has 0 amide bonds. The molecule has 2 aromatic rings. The first-order valence-electron chi connectivity index (χ1n) is 8.25. The molecule has 0 fully saturated rings. The Balaban J connectivity index is 2.69. The van der Waals surface area contributed by atoms with Crippen molar-refractivity contribution in [2.75, 3.05) is 7.11 Å². The minimum atomic E-state index is -1.16. The van der Waals surface area contributed by atoms with Gasteiger partial charge in [0.1, 0.15) is 5.56 Å². The van der Waals surface area contributed by atoms with E-state index in [4.69, 9.17) is 4.74 Å². The van der Waals surface area contributed by atoms with E-state index in [1.165, 1.54) is 45.2 Å². The molecule has 10 nitrogen and oxygen atoms in total. The number of nitro benzene ring substituents is 1. The maximum absolute atomic E-state index is 13.0. The lowest BCUT2D eigenvalue weighted by Gasteiger charge is -2.13. The fourth-order valence-corrected chi connectivity index (χ4v) is 2.51. The first-order valence-corrected chi connectivity index (χ1v) is 8.25. The molecule has 0 unspecified atom stereocenters. The molecule has 152 valence electrons. The van der Waals surface area contributed by atoms with Crippen LogP contribution in [0.2, 0.25) is 0 Å². The first-order chi connectivity index (χ1) is 13.6. The Morgan fingerprint density at radius 3 is 2.07 bits per heavy atom. The third kappa shape index (κ3) is 4.32. The standard InChI is InChI=1S/C19H17NO9/c1-9(2)29-19(25)12-8-13(21)17(23)15(20(26)27)14(12)16(22)10-4-6-11(7-5-10)18(24)28-3/h4-9,21,23H,1-3H3. The molecule has 0 saturated heterocycles. The predicted octanol–water partition coefficient (Wildman–Crippen LogP) is 2.59. The van der Waals surface area contributed by atoms with Crippen molar-refractivity contribution in [2.45, 2.75) is 20.0 Å². The summed E-state index contributed by atoms with van der Waals surface area (Å²) in [6, 6.07) is 5.66. The summed E-state index contributed by atoms with van der Waals surface area (Å²) in [5.41, 5.74) is -2.44. The second-order valence-electron chi connectivity index (χ2n) is 6.12. The van der Waals surface area contributed by atoms with Crippen LogP contribution in [0, 0.1) is 10.1 Å². The molecule has 10 heteroatoms. The Hall–Kier alpha value is -3.95. The molecule has 0 saturated carbocycles. The van der Waals surface area contributed by atoms with E-state index in [9.17, 15) is 34.7 Å². The van der Waals surface area contributed by atoms with E-state index < -0.39 is 57.1 Å². The molecule has 0 spiro atoms. The van der Waals surface area contributed by atoms with Crippen LogP contribution in [0.15, 0.2) is 30.3 Å². The van der Waals surface area contributed by atoms with Crippen LogP contribution >= 0.6 is 0 Å². The van der Waals surface area contributed by atoms with Crippen molar-refractivity contribution in [3.05, 3.63) is 62.7 Å². The van der Waals surface area contributed by atoms with E-state index in [2.05, 4.69) is 4.74 Å². The number of ether oxygens (including phenoxy) is 2. The summed E-state index contributed by atoms with van der Waals surface area (Å²) in [7, 11) is 1.18. The van der Waals surface area contributed by atoms with Crippen molar-refractivity contribution in [1.82, 2.24) is 0 Å².